The summed E-state index contributed by atoms with van der Waals surface area (Å²) in [5.41, 5.74) is -21.9. The number of fused-ring (bicyclic) bond motifs is 1. The Hall–Kier alpha value is -5.15. The van der Waals surface area contributed by atoms with Gasteiger partial charge in [0.25, 0.3) is 0 Å². The summed E-state index contributed by atoms with van der Waals surface area (Å²) in [5, 5.41) is 15.6. The molecule has 1 unspecified atom stereocenters. The maximum absolute atomic E-state index is 14.3. The van der Waals surface area contributed by atoms with E-state index in [0.29, 0.717) is 18.2 Å². The van der Waals surface area contributed by atoms with E-state index in [-0.39, 0.29) is 73.6 Å². The monoisotopic (exact) mass is 895 g/mol. The molecule has 0 amide bonds. The molecule has 22 heteroatoms. The molecule has 6 rings (SSSR count). The molecular weight excluding hydrogens is 868 g/mol. The minimum Gasteiger partial charge on any atom is -0.378 e. The second-order valence-electron chi connectivity index (χ2n) is 15.3. The van der Waals surface area contributed by atoms with Crippen LogP contribution in [0, 0.1) is 5.41 Å². The number of halogens is 18. The van der Waals surface area contributed by atoms with Crippen LogP contribution < -0.4 is 5.32 Å². The molecule has 61 heavy (non-hydrogen) atoms. The summed E-state index contributed by atoms with van der Waals surface area (Å²) < 4.78 is 254. The fourth-order valence-electron chi connectivity index (χ4n) is 7.14. The molecule has 0 radical (unpaired) electrons. The van der Waals surface area contributed by atoms with Gasteiger partial charge in [-0.3, -0.25) is 4.99 Å². The van der Waals surface area contributed by atoms with Gasteiger partial charge in [0.05, 0.1) is 39.4 Å². The summed E-state index contributed by atoms with van der Waals surface area (Å²) in [6.45, 7) is 3.12. The van der Waals surface area contributed by atoms with Crippen LogP contribution in [-0.2, 0) is 42.7 Å². The summed E-state index contributed by atoms with van der Waals surface area (Å²) in [5.74, 6) is -0.0532. The molecule has 330 valence electrons. The number of hydrogen-bond donors (Lipinski definition) is 2. The van der Waals surface area contributed by atoms with Crippen molar-refractivity contribution in [3.8, 4) is 22.3 Å². The summed E-state index contributed by atoms with van der Waals surface area (Å²) in [6, 6.07) is -0.463. The van der Waals surface area contributed by atoms with Crippen LogP contribution in [0.4, 0.5) is 79.0 Å². The fourth-order valence-corrected chi connectivity index (χ4v) is 7.14. The summed E-state index contributed by atoms with van der Waals surface area (Å²) >= 11 is 0. The topological polar surface area (TPSA) is 47.9 Å². The van der Waals surface area contributed by atoms with Gasteiger partial charge in [-0.05, 0) is 106 Å². The second-order valence-corrected chi connectivity index (χ2v) is 15.3. The van der Waals surface area contributed by atoms with Crippen molar-refractivity contribution in [3.63, 3.8) is 0 Å². The zero-order chi connectivity index (χ0) is 45.7. The van der Waals surface area contributed by atoms with E-state index in [0.717, 1.165) is 0 Å². The first-order valence-electron chi connectivity index (χ1n) is 17.4. The first-order valence-corrected chi connectivity index (χ1v) is 17.4. The van der Waals surface area contributed by atoms with Crippen molar-refractivity contribution in [2.45, 2.75) is 62.5 Å². The molecule has 0 bridgehead atoms. The van der Waals surface area contributed by atoms with Crippen molar-refractivity contribution in [2.75, 3.05) is 19.6 Å². The van der Waals surface area contributed by atoms with Crippen LogP contribution in [0.15, 0.2) is 77.8 Å². The van der Waals surface area contributed by atoms with Gasteiger partial charge in [-0.15, -0.1) is 0 Å². The van der Waals surface area contributed by atoms with Crippen molar-refractivity contribution in [1.29, 1.82) is 0 Å². The number of nitrogens with zero attached hydrogens (tertiary/aromatic N) is 2. The number of nitrogens with one attached hydrogen (secondary N) is 1. The van der Waals surface area contributed by atoms with Gasteiger partial charge >= 0.3 is 37.1 Å². The van der Waals surface area contributed by atoms with Gasteiger partial charge in [0, 0.05) is 25.0 Å². The smallest absolute Gasteiger partial charge is 0.378 e. The number of aliphatic imine (C=N–C) groups is 1. The number of alkyl halides is 18. The first-order chi connectivity index (χ1) is 27.6. The highest BCUT2D eigenvalue weighted by Crippen LogP contribution is 2.47. The maximum Gasteiger partial charge on any atom is 0.416 e. The van der Waals surface area contributed by atoms with Crippen LogP contribution in [0.5, 0.6) is 0 Å². The molecule has 0 saturated carbocycles. The van der Waals surface area contributed by atoms with Crippen LogP contribution in [-0.4, -0.2) is 41.6 Å². The van der Waals surface area contributed by atoms with E-state index in [2.05, 4.69) is 10.3 Å². The minimum atomic E-state index is -5.56. The predicted octanol–water partition coefficient (Wildman–Crippen LogP) is 12.0. The zero-order valence-corrected chi connectivity index (χ0v) is 30.8. The van der Waals surface area contributed by atoms with Crippen molar-refractivity contribution < 1.29 is 84.1 Å². The quantitative estimate of drug-likeness (QED) is 0.196. The number of hydrogen-bond acceptors (Lipinski definition) is 4. The Bertz CT molecular complexity index is 2180. The largest absolute Gasteiger partial charge is 0.416 e. The molecule has 2 aliphatic heterocycles. The molecule has 2 aliphatic rings. The number of guanidine groups is 1. The lowest BCUT2D eigenvalue weighted by atomic mass is 9.77. The third-order valence-electron chi connectivity index (χ3n) is 10.0. The summed E-state index contributed by atoms with van der Waals surface area (Å²) in [7, 11) is 0. The molecule has 2 atom stereocenters. The Morgan fingerprint density at radius 1 is 0.475 bits per heavy atom. The van der Waals surface area contributed by atoms with Gasteiger partial charge in [-0.2, -0.15) is 79.0 Å². The molecule has 1 saturated heterocycles. The molecule has 4 nitrogen and oxygen atoms in total. The second kappa shape index (κ2) is 14.5. The molecule has 1 fully saturated rings. The Labute approximate surface area is 332 Å². The lowest BCUT2D eigenvalue weighted by molar-refractivity contribution is -0.144. The standard InChI is InChI=1S/C39H27F18N3O/c1-32(2)16-58-31-59-30(15-60(31)17-32)33(61,23-10-28(38(52,53)54)14-29(11-23)39(55,56)57)22-4-18(20-6-24(34(40,41)42)12-25(7-20)35(43,44)45)3-19(5-22)21-8-26(36(46,47)48)13-27(9-21)37(49,50)51/h3-14,30,61H,15-17H2,1-2H3,(H,58,59)/t30-,33?/m0/s1. The maximum atomic E-state index is 14.3. The number of aliphatic hydroxyl groups is 1. The average molecular weight is 896 g/mol. The third-order valence-corrected chi connectivity index (χ3v) is 10.0. The Balaban J connectivity index is 1.76. The van der Waals surface area contributed by atoms with Gasteiger partial charge in [0.1, 0.15) is 5.60 Å². The van der Waals surface area contributed by atoms with Crippen LogP contribution in [0.25, 0.3) is 22.3 Å². The molecule has 2 heterocycles. The van der Waals surface area contributed by atoms with Gasteiger partial charge in [-0.1, -0.05) is 13.8 Å². The van der Waals surface area contributed by atoms with Gasteiger partial charge < -0.3 is 15.3 Å². The van der Waals surface area contributed by atoms with Crippen molar-refractivity contribution in [3.05, 3.63) is 117 Å². The van der Waals surface area contributed by atoms with E-state index in [1.165, 1.54) is 4.90 Å². The lowest BCUT2D eigenvalue weighted by Gasteiger charge is -2.37. The number of benzene rings is 4. The van der Waals surface area contributed by atoms with Crippen molar-refractivity contribution in [1.82, 2.24) is 10.2 Å². The molecule has 0 spiro atoms. The molecule has 0 aliphatic carbocycles. The van der Waals surface area contributed by atoms with E-state index in [9.17, 15) is 84.1 Å². The Morgan fingerprint density at radius 2 is 0.754 bits per heavy atom. The van der Waals surface area contributed by atoms with Gasteiger partial charge in [0.2, 0.25) is 0 Å². The van der Waals surface area contributed by atoms with Crippen molar-refractivity contribution >= 4 is 5.96 Å². The SMILES string of the molecule is CC1(C)CN=C2N[C@H](C(O)(c3cc(-c4cc(C(F)(F)F)cc(C(F)(F)F)c4)cc(-c4cc(C(F)(F)F)cc(C(F)(F)F)c4)c3)c3cc(C(F)(F)F)cc(C(F)(F)F)c3)CN2C1. The molecular formula is C39H27F18N3O. The number of rotatable bonds is 5. The van der Waals surface area contributed by atoms with E-state index >= 15 is 0 Å². The first kappa shape index (κ1) is 45.4. The highest BCUT2D eigenvalue weighted by Gasteiger charge is 2.50. The molecule has 4 aromatic carbocycles. The summed E-state index contributed by atoms with van der Waals surface area (Å²) in [6.07, 6.45) is -33.2. The normalized spacial score (nSPS) is 18.7. The molecule has 0 aromatic heterocycles. The van der Waals surface area contributed by atoms with E-state index in [4.69, 9.17) is 0 Å². The van der Waals surface area contributed by atoms with E-state index < -0.39 is 127 Å². The predicted molar refractivity (Wildman–Crippen MR) is 181 cm³/mol. The molecule has 2 N–H and O–H groups in total. The van der Waals surface area contributed by atoms with Crippen LogP contribution in [0.2, 0.25) is 0 Å². The highest BCUT2D eigenvalue weighted by atomic mass is 19.4. The zero-order valence-electron chi connectivity index (χ0n) is 30.8. The fraction of sp³-hybridized carbons (Fsp3) is 0.359. The van der Waals surface area contributed by atoms with Gasteiger partial charge in [0.15, 0.2) is 5.96 Å². The molecule has 4 aromatic rings. The Kier molecular flexibility index (Phi) is 10.8. The van der Waals surface area contributed by atoms with E-state index in [1.54, 1.807) is 13.8 Å². The van der Waals surface area contributed by atoms with Gasteiger partial charge in [-0.25, -0.2) is 0 Å². The van der Waals surface area contributed by atoms with Crippen LogP contribution >= 0.6 is 0 Å². The highest BCUT2D eigenvalue weighted by molar-refractivity contribution is 5.84. The average Bonchev–Trinajstić information content (AvgIpc) is 3.54. The minimum absolute atomic E-state index is 0.0532. The Morgan fingerprint density at radius 3 is 1.10 bits per heavy atom. The van der Waals surface area contributed by atoms with Crippen LogP contribution in [0.3, 0.4) is 0 Å². The lowest BCUT2D eigenvalue weighted by Crippen LogP contribution is -2.49. The van der Waals surface area contributed by atoms with E-state index in [1.807, 2.05) is 0 Å². The third kappa shape index (κ3) is 9.37. The summed E-state index contributed by atoms with van der Waals surface area (Å²) in [4.78, 5) is 5.73. The van der Waals surface area contributed by atoms with Crippen molar-refractivity contribution in [2.24, 2.45) is 10.4 Å². The van der Waals surface area contributed by atoms with Crippen LogP contribution in [0.1, 0.15) is 58.4 Å².